The summed E-state index contributed by atoms with van der Waals surface area (Å²) in [6, 6.07) is 8.36. The fourth-order valence-electron chi connectivity index (χ4n) is 2.53. The number of alkyl carbamates (subject to hydrolysis) is 1. The number of β-lactam (4-membered cyclic amide) rings is 1. The smallest absolute Gasteiger partial charge is 0.408 e. The van der Waals surface area contributed by atoms with Gasteiger partial charge in [0.25, 0.3) is 5.91 Å². The van der Waals surface area contributed by atoms with Crippen molar-refractivity contribution in [2.24, 2.45) is 0 Å². The number of carboxylic acids is 1. The van der Waals surface area contributed by atoms with Crippen molar-refractivity contribution in [1.82, 2.24) is 10.2 Å². The molecular weight excluding hydrogens is 344 g/mol. The van der Waals surface area contributed by atoms with Gasteiger partial charge in [0.1, 0.15) is 23.7 Å². The van der Waals surface area contributed by atoms with Crippen LogP contribution >= 0.6 is 11.8 Å². The van der Waals surface area contributed by atoms with Crippen molar-refractivity contribution in [3.05, 3.63) is 47.2 Å². The van der Waals surface area contributed by atoms with Crippen LogP contribution in [0.2, 0.25) is 0 Å². The zero-order chi connectivity index (χ0) is 18.6. The van der Waals surface area contributed by atoms with E-state index in [4.69, 9.17) is 4.74 Å². The van der Waals surface area contributed by atoms with E-state index in [0.29, 0.717) is 5.57 Å². The standard InChI is InChI=1S/C17H20N2O5S/c1-10(2)13(16(21)22)19-14(20)12(15(19)25-3)18-17(23)24-9-11-7-5-4-6-8-11/h4-8,12,15H,9H2,1-3H3,(H,18,23)(H,21,22)/t12-,15-/m1/s1. The Labute approximate surface area is 150 Å². The maximum absolute atomic E-state index is 12.3. The Hall–Kier alpha value is -2.48. The summed E-state index contributed by atoms with van der Waals surface area (Å²) in [7, 11) is 0. The number of benzene rings is 1. The molecule has 25 heavy (non-hydrogen) atoms. The minimum atomic E-state index is -1.17. The summed E-state index contributed by atoms with van der Waals surface area (Å²) >= 11 is 1.29. The monoisotopic (exact) mass is 364 g/mol. The molecule has 1 aliphatic rings. The number of likely N-dealkylation sites (tertiary alicyclic amines) is 1. The normalized spacial score (nSPS) is 19.0. The van der Waals surface area contributed by atoms with E-state index >= 15 is 0 Å². The second-order valence-electron chi connectivity index (χ2n) is 5.67. The molecule has 0 unspecified atom stereocenters. The molecule has 0 aromatic heterocycles. The number of carboxylic acid groups (broad SMARTS) is 1. The number of aliphatic carboxylic acids is 1. The summed E-state index contributed by atoms with van der Waals surface area (Å²) in [5, 5.41) is 11.3. The van der Waals surface area contributed by atoms with E-state index in [1.165, 1.54) is 16.7 Å². The number of hydrogen-bond donors (Lipinski definition) is 2. The average molecular weight is 364 g/mol. The van der Waals surface area contributed by atoms with E-state index < -0.39 is 29.4 Å². The minimum Gasteiger partial charge on any atom is -0.477 e. The first-order valence-corrected chi connectivity index (χ1v) is 8.89. The molecule has 0 radical (unpaired) electrons. The van der Waals surface area contributed by atoms with Gasteiger partial charge in [-0.15, -0.1) is 11.8 Å². The topological polar surface area (TPSA) is 95.9 Å². The lowest BCUT2D eigenvalue weighted by Crippen LogP contribution is -2.69. The van der Waals surface area contributed by atoms with Crippen molar-refractivity contribution in [2.75, 3.05) is 6.26 Å². The van der Waals surface area contributed by atoms with Gasteiger partial charge in [-0.1, -0.05) is 30.3 Å². The maximum Gasteiger partial charge on any atom is 0.408 e. The van der Waals surface area contributed by atoms with Gasteiger partial charge in [-0.25, -0.2) is 9.59 Å². The predicted molar refractivity (Wildman–Crippen MR) is 93.7 cm³/mol. The zero-order valence-electron chi connectivity index (χ0n) is 14.2. The van der Waals surface area contributed by atoms with Crippen molar-refractivity contribution < 1.29 is 24.2 Å². The Bertz CT molecular complexity index is 700. The fourth-order valence-corrected chi connectivity index (χ4v) is 3.40. The molecule has 1 heterocycles. The second kappa shape index (κ2) is 8.06. The molecule has 0 aliphatic carbocycles. The molecule has 0 spiro atoms. The number of hydrogen-bond acceptors (Lipinski definition) is 5. The van der Waals surface area contributed by atoms with Crippen LogP contribution in [-0.2, 0) is 20.9 Å². The van der Waals surface area contributed by atoms with Gasteiger partial charge in [0.2, 0.25) is 0 Å². The molecule has 134 valence electrons. The molecule has 0 bridgehead atoms. The molecule has 2 N–H and O–H groups in total. The maximum atomic E-state index is 12.3. The Morgan fingerprint density at radius 3 is 2.44 bits per heavy atom. The van der Waals surface area contributed by atoms with Crippen molar-refractivity contribution in [3.8, 4) is 0 Å². The third-order valence-corrected chi connectivity index (χ3v) is 4.65. The van der Waals surface area contributed by atoms with Crippen LogP contribution in [0.4, 0.5) is 4.79 Å². The lowest BCUT2D eigenvalue weighted by atomic mass is 10.0. The first-order valence-electron chi connectivity index (χ1n) is 7.60. The highest BCUT2D eigenvalue weighted by Crippen LogP contribution is 2.33. The number of nitrogens with zero attached hydrogens (tertiary/aromatic N) is 1. The van der Waals surface area contributed by atoms with Gasteiger partial charge < -0.3 is 15.2 Å². The molecule has 2 rings (SSSR count). The van der Waals surface area contributed by atoms with E-state index in [9.17, 15) is 19.5 Å². The summed E-state index contributed by atoms with van der Waals surface area (Å²) in [5.41, 5.74) is 1.29. The van der Waals surface area contributed by atoms with Crippen molar-refractivity contribution in [2.45, 2.75) is 31.9 Å². The van der Waals surface area contributed by atoms with Crippen LogP contribution in [-0.4, -0.2) is 45.6 Å². The number of allylic oxidation sites excluding steroid dienone is 1. The van der Waals surface area contributed by atoms with Crippen LogP contribution in [0.3, 0.4) is 0 Å². The van der Waals surface area contributed by atoms with Crippen LogP contribution in [0, 0.1) is 0 Å². The quantitative estimate of drug-likeness (QED) is 0.593. The van der Waals surface area contributed by atoms with Gasteiger partial charge in [-0.3, -0.25) is 9.69 Å². The summed E-state index contributed by atoms with van der Waals surface area (Å²) < 4.78 is 5.11. The van der Waals surface area contributed by atoms with Gasteiger partial charge in [0.15, 0.2) is 0 Å². The molecule has 7 nitrogen and oxygen atoms in total. The Morgan fingerprint density at radius 2 is 1.92 bits per heavy atom. The molecule has 1 aromatic rings. The largest absolute Gasteiger partial charge is 0.477 e. The van der Waals surface area contributed by atoms with E-state index in [2.05, 4.69) is 5.32 Å². The fraction of sp³-hybridized carbons (Fsp3) is 0.353. The van der Waals surface area contributed by atoms with Gasteiger partial charge >= 0.3 is 12.1 Å². The molecule has 1 aliphatic heterocycles. The molecule has 8 heteroatoms. The van der Waals surface area contributed by atoms with Crippen molar-refractivity contribution in [3.63, 3.8) is 0 Å². The molecule has 1 aromatic carbocycles. The summed E-state index contributed by atoms with van der Waals surface area (Å²) in [6.45, 7) is 3.35. The summed E-state index contributed by atoms with van der Waals surface area (Å²) in [5.74, 6) is -1.63. The predicted octanol–water partition coefficient (Wildman–Crippen LogP) is 2.19. The molecular formula is C17H20N2O5S. The molecule has 0 saturated carbocycles. The number of thioether (sulfide) groups is 1. The number of carbonyl (C=O) groups excluding carboxylic acids is 2. The third kappa shape index (κ3) is 4.14. The number of amides is 2. The van der Waals surface area contributed by atoms with Gasteiger partial charge in [0, 0.05) is 0 Å². The van der Waals surface area contributed by atoms with E-state index in [-0.39, 0.29) is 12.3 Å². The summed E-state index contributed by atoms with van der Waals surface area (Å²) in [4.78, 5) is 36.9. The Balaban J connectivity index is 1.99. The van der Waals surface area contributed by atoms with Crippen LogP contribution in [0.1, 0.15) is 19.4 Å². The first-order chi connectivity index (χ1) is 11.9. The van der Waals surface area contributed by atoms with Crippen LogP contribution < -0.4 is 5.32 Å². The van der Waals surface area contributed by atoms with Gasteiger partial charge in [-0.2, -0.15) is 0 Å². The number of rotatable bonds is 6. The molecule has 1 saturated heterocycles. The highest BCUT2D eigenvalue weighted by Gasteiger charge is 2.51. The lowest BCUT2D eigenvalue weighted by Gasteiger charge is -2.46. The average Bonchev–Trinajstić information content (AvgIpc) is 2.58. The molecule has 2 atom stereocenters. The molecule has 2 amide bonds. The SMILES string of the molecule is CS[C@@H]1[C@H](NC(=O)OCc2ccccc2)C(=O)N1C(C(=O)O)=C(C)C. The highest BCUT2D eigenvalue weighted by atomic mass is 32.2. The number of carbonyl (C=O) groups is 3. The second-order valence-corrected chi connectivity index (χ2v) is 6.63. The van der Waals surface area contributed by atoms with Gasteiger partial charge in [-0.05, 0) is 31.2 Å². The number of ether oxygens (including phenoxy) is 1. The Morgan fingerprint density at radius 1 is 1.28 bits per heavy atom. The lowest BCUT2D eigenvalue weighted by molar-refractivity contribution is -0.148. The first kappa shape index (κ1) is 18.9. The Kier molecular flexibility index (Phi) is 6.08. The third-order valence-electron chi connectivity index (χ3n) is 3.69. The van der Waals surface area contributed by atoms with Crippen LogP contribution in [0.25, 0.3) is 0 Å². The zero-order valence-corrected chi connectivity index (χ0v) is 15.0. The van der Waals surface area contributed by atoms with E-state index in [1.807, 2.05) is 30.3 Å². The van der Waals surface area contributed by atoms with Crippen LogP contribution in [0.15, 0.2) is 41.6 Å². The van der Waals surface area contributed by atoms with E-state index in [0.717, 1.165) is 5.56 Å². The summed E-state index contributed by atoms with van der Waals surface area (Å²) in [6.07, 6.45) is 1.04. The number of nitrogens with one attached hydrogen (secondary N) is 1. The minimum absolute atomic E-state index is 0.0555. The van der Waals surface area contributed by atoms with E-state index in [1.54, 1.807) is 20.1 Å². The van der Waals surface area contributed by atoms with Gasteiger partial charge in [0.05, 0.1) is 0 Å². The molecule has 1 fully saturated rings. The van der Waals surface area contributed by atoms with Crippen molar-refractivity contribution in [1.29, 1.82) is 0 Å². The highest BCUT2D eigenvalue weighted by molar-refractivity contribution is 7.99. The van der Waals surface area contributed by atoms with Crippen LogP contribution in [0.5, 0.6) is 0 Å². The van der Waals surface area contributed by atoms with Crippen molar-refractivity contribution >= 4 is 29.7 Å².